The molecule has 10 heteroatoms. The molecule has 0 aliphatic carbocycles. The third-order valence-electron chi connectivity index (χ3n) is 4.73. The first-order valence-electron chi connectivity index (χ1n) is 9.48. The maximum absolute atomic E-state index is 13.9. The van der Waals surface area contributed by atoms with Crippen LogP contribution < -0.4 is 0 Å². The van der Waals surface area contributed by atoms with E-state index in [9.17, 15) is 17.9 Å². The van der Waals surface area contributed by atoms with Crippen LogP contribution in [0.5, 0.6) is 0 Å². The van der Waals surface area contributed by atoms with Crippen LogP contribution >= 0.6 is 22.9 Å². The van der Waals surface area contributed by atoms with Crippen LogP contribution in [0.4, 0.5) is 4.39 Å². The Morgan fingerprint density at radius 2 is 1.84 bits per heavy atom. The largest absolute Gasteiger partial charge is 0.384 e. The highest BCUT2D eigenvalue weighted by Gasteiger charge is 2.29. The molecule has 3 aromatic heterocycles. The first-order chi connectivity index (χ1) is 14.9. The van der Waals surface area contributed by atoms with E-state index in [0.29, 0.717) is 16.3 Å². The van der Waals surface area contributed by atoms with Crippen LogP contribution in [0.3, 0.4) is 0 Å². The zero-order chi connectivity index (χ0) is 23.3. The molecule has 0 aliphatic heterocycles. The molecule has 0 fully saturated rings. The predicted octanol–water partition coefficient (Wildman–Crippen LogP) is 5.09. The van der Waals surface area contributed by atoms with E-state index in [1.807, 2.05) is 18.2 Å². The summed E-state index contributed by atoms with van der Waals surface area (Å²) in [6.07, 6.45) is 3.70. The molecule has 166 valence electrons. The lowest BCUT2D eigenvalue weighted by Gasteiger charge is -2.14. The van der Waals surface area contributed by atoms with Crippen molar-refractivity contribution in [3.05, 3.63) is 71.4 Å². The van der Waals surface area contributed by atoms with Crippen molar-refractivity contribution in [3.8, 4) is 26.7 Å². The van der Waals surface area contributed by atoms with E-state index < -0.39 is 21.3 Å². The summed E-state index contributed by atoms with van der Waals surface area (Å²) in [7, 11) is -3.35. The minimum Gasteiger partial charge on any atom is -0.384 e. The van der Waals surface area contributed by atoms with Gasteiger partial charge in [-0.1, -0.05) is 23.7 Å². The lowest BCUT2D eigenvalue weighted by molar-refractivity contribution is 0.0735. The van der Waals surface area contributed by atoms with E-state index in [4.69, 9.17) is 11.6 Å². The van der Waals surface area contributed by atoms with E-state index in [2.05, 4.69) is 10.1 Å². The quantitative estimate of drug-likeness (QED) is 0.420. The average Bonchev–Trinajstić information content (AvgIpc) is 3.31. The molecule has 0 atom stereocenters. The van der Waals surface area contributed by atoms with Crippen LogP contribution in [0.2, 0.25) is 5.02 Å². The topological polar surface area (TPSA) is 85.1 Å². The first-order valence-corrected chi connectivity index (χ1v) is 12.6. The lowest BCUT2D eigenvalue weighted by Crippen LogP contribution is -2.17. The van der Waals surface area contributed by atoms with Crippen LogP contribution in [-0.4, -0.2) is 34.5 Å². The van der Waals surface area contributed by atoms with Gasteiger partial charge in [0.25, 0.3) is 0 Å². The van der Waals surface area contributed by atoms with E-state index in [1.165, 1.54) is 28.3 Å². The van der Waals surface area contributed by atoms with Crippen molar-refractivity contribution in [2.75, 3.05) is 6.26 Å². The number of nitrogens with zero attached hydrogens (tertiary/aromatic N) is 3. The highest BCUT2D eigenvalue weighted by Crippen LogP contribution is 2.42. The molecule has 0 spiro atoms. The number of thiophene rings is 1. The summed E-state index contributed by atoms with van der Waals surface area (Å²) in [4.78, 5) is 5.64. The summed E-state index contributed by atoms with van der Waals surface area (Å²) in [5.74, 6) is -0.533. The van der Waals surface area contributed by atoms with Gasteiger partial charge in [0.05, 0.1) is 32.9 Å². The summed E-state index contributed by atoms with van der Waals surface area (Å²) in [5.41, 5.74) is 0.481. The van der Waals surface area contributed by atoms with E-state index in [0.717, 1.165) is 22.9 Å². The van der Waals surface area contributed by atoms with E-state index >= 15 is 0 Å². The van der Waals surface area contributed by atoms with Gasteiger partial charge in [0.15, 0.2) is 9.84 Å². The predicted molar refractivity (Wildman–Crippen MR) is 123 cm³/mol. The standard InChI is InChI=1S/C22H19ClFN3O3S2/c1-22(2,28)21-19(23)20(27(26-21)15-10-14(24)11-25-12-15)18-8-7-17(31-18)13-5-4-6-16(9-13)32(3,29)30/h4-12,28H,1-3H3. The highest BCUT2D eigenvalue weighted by atomic mass is 35.5. The lowest BCUT2D eigenvalue weighted by atomic mass is 10.1. The van der Waals surface area contributed by atoms with E-state index in [1.54, 1.807) is 32.0 Å². The zero-order valence-electron chi connectivity index (χ0n) is 17.4. The monoisotopic (exact) mass is 491 g/mol. The van der Waals surface area contributed by atoms with Crippen molar-refractivity contribution in [3.63, 3.8) is 0 Å². The normalized spacial score (nSPS) is 12.3. The fourth-order valence-electron chi connectivity index (χ4n) is 3.21. The Balaban J connectivity index is 1.88. The third kappa shape index (κ3) is 4.33. The summed E-state index contributed by atoms with van der Waals surface area (Å²) >= 11 is 8.02. The molecule has 1 N–H and O–H groups in total. The van der Waals surface area contributed by atoms with Crippen molar-refractivity contribution in [2.24, 2.45) is 0 Å². The van der Waals surface area contributed by atoms with Crippen LogP contribution in [0, 0.1) is 5.82 Å². The summed E-state index contributed by atoms with van der Waals surface area (Å²) < 4.78 is 39.2. The Hall–Kier alpha value is -2.59. The van der Waals surface area contributed by atoms with Gasteiger partial charge in [0.2, 0.25) is 0 Å². The van der Waals surface area contributed by atoms with E-state index in [-0.39, 0.29) is 15.6 Å². The molecule has 1 aromatic carbocycles. The van der Waals surface area contributed by atoms with Crippen molar-refractivity contribution < 1.29 is 17.9 Å². The van der Waals surface area contributed by atoms with Gasteiger partial charge < -0.3 is 5.11 Å². The first kappa shape index (κ1) is 22.6. The fourth-order valence-corrected chi connectivity index (χ4v) is 5.42. The molecule has 0 unspecified atom stereocenters. The summed E-state index contributed by atoms with van der Waals surface area (Å²) in [6, 6.07) is 11.6. The molecule has 4 rings (SSSR count). The van der Waals surface area contributed by atoms with Crippen LogP contribution in [-0.2, 0) is 15.4 Å². The molecule has 3 heterocycles. The summed E-state index contributed by atoms with van der Waals surface area (Å²) in [6.45, 7) is 3.13. The van der Waals surface area contributed by atoms with Crippen molar-refractivity contribution in [2.45, 2.75) is 24.3 Å². The number of hydrogen-bond donors (Lipinski definition) is 1. The van der Waals surface area contributed by atoms with Gasteiger partial charge in [-0.3, -0.25) is 4.98 Å². The Morgan fingerprint density at radius 1 is 1.12 bits per heavy atom. The van der Waals surface area contributed by atoms with Crippen molar-refractivity contribution in [1.29, 1.82) is 0 Å². The maximum atomic E-state index is 13.9. The Labute approximate surface area is 193 Å². The number of rotatable bonds is 5. The molecule has 0 radical (unpaired) electrons. The van der Waals surface area contributed by atoms with Gasteiger partial charge in [-0.05, 0) is 43.7 Å². The Bertz CT molecular complexity index is 1420. The zero-order valence-corrected chi connectivity index (χ0v) is 19.8. The van der Waals surface area contributed by atoms with Gasteiger partial charge in [-0.15, -0.1) is 11.3 Å². The SMILES string of the molecule is CC(C)(O)c1nn(-c2cncc(F)c2)c(-c2ccc(-c3cccc(S(C)(=O)=O)c3)s2)c1Cl. The van der Waals surface area contributed by atoms with Crippen LogP contribution in [0.15, 0.2) is 59.8 Å². The molecule has 32 heavy (non-hydrogen) atoms. The van der Waals surface area contributed by atoms with Crippen LogP contribution in [0.1, 0.15) is 19.5 Å². The summed E-state index contributed by atoms with van der Waals surface area (Å²) in [5, 5.41) is 15.2. The molecule has 4 aromatic rings. The molecule has 0 amide bonds. The minimum atomic E-state index is -3.35. The van der Waals surface area contributed by atoms with Crippen molar-refractivity contribution >= 4 is 32.8 Å². The van der Waals surface area contributed by atoms with Gasteiger partial charge in [0, 0.05) is 17.2 Å². The molecule has 0 saturated heterocycles. The number of pyridine rings is 1. The number of aliphatic hydroxyl groups is 1. The number of hydrogen-bond acceptors (Lipinski definition) is 6. The van der Waals surface area contributed by atoms with Gasteiger partial charge in [0.1, 0.15) is 22.8 Å². The minimum absolute atomic E-state index is 0.225. The number of sulfone groups is 1. The second kappa shape index (κ2) is 8.08. The molecule has 0 saturated carbocycles. The second-order valence-electron chi connectivity index (χ2n) is 7.81. The maximum Gasteiger partial charge on any atom is 0.175 e. The Morgan fingerprint density at radius 3 is 2.50 bits per heavy atom. The van der Waals surface area contributed by atoms with Crippen molar-refractivity contribution in [1.82, 2.24) is 14.8 Å². The highest BCUT2D eigenvalue weighted by molar-refractivity contribution is 7.90. The molecule has 6 nitrogen and oxygen atoms in total. The van der Waals surface area contributed by atoms with Gasteiger partial charge in [-0.25, -0.2) is 17.5 Å². The number of aromatic nitrogens is 3. The second-order valence-corrected chi connectivity index (χ2v) is 11.3. The molecular weight excluding hydrogens is 473 g/mol. The molecule has 0 bridgehead atoms. The molecular formula is C22H19ClFN3O3S2. The fraction of sp³-hybridized carbons (Fsp3) is 0.182. The number of halogens is 2. The smallest absolute Gasteiger partial charge is 0.175 e. The molecule has 0 aliphatic rings. The third-order valence-corrected chi connectivity index (χ3v) is 7.34. The van der Waals surface area contributed by atoms with Crippen LogP contribution in [0.25, 0.3) is 26.7 Å². The van der Waals surface area contributed by atoms with Gasteiger partial charge in [-0.2, -0.15) is 5.10 Å². The number of benzene rings is 1. The average molecular weight is 492 g/mol. The Kier molecular flexibility index (Phi) is 5.70. The van der Waals surface area contributed by atoms with Gasteiger partial charge >= 0.3 is 0 Å².